The molecule has 2 aliphatic rings. The number of piperidine rings is 1. The maximum absolute atomic E-state index is 12.8. The van der Waals surface area contributed by atoms with Gasteiger partial charge in [0, 0.05) is 18.2 Å². The molecule has 2 unspecified atom stereocenters. The van der Waals surface area contributed by atoms with Gasteiger partial charge in [-0.05, 0) is 49.7 Å². The molecule has 4 nitrogen and oxygen atoms in total. The molecule has 2 bridgehead atoms. The van der Waals surface area contributed by atoms with E-state index in [0.29, 0.717) is 23.7 Å². The molecule has 1 aromatic carbocycles. The van der Waals surface area contributed by atoms with Crippen molar-refractivity contribution in [2.75, 3.05) is 0 Å². The summed E-state index contributed by atoms with van der Waals surface area (Å²) in [7, 11) is 0. The second-order valence-corrected chi connectivity index (χ2v) is 7.05. The fourth-order valence-corrected chi connectivity index (χ4v) is 4.45. The molecule has 0 saturated carbocycles. The first-order valence-electron chi connectivity index (χ1n) is 8.76. The highest BCUT2D eigenvalue weighted by molar-refractivity contribution is 5.93. The van der Waals surface area contributed by atoms with Gasteiger partial charge >= 0.3 is 0 Å². The molecule has 2 aromatic rings. The zero-order valence-corrected chi connectivity index (χ0v) is 13.7. The van der Waals surface area contributed by atoms with E-state index in [1.807, 2.05) is 4.90 Å². The van der Waals surface area contributed by atoms with Crippen molar-refractivity contribution in [3.8, 4) is 0 Å². The number of benzene rings is 1. The SMILES string of the molecule is O=C(c1cccc(=O)[nH]1)N1C2CCC1CC(Cc1ccccc1)C2. The molecule has 124 valence electrons. The number of fused-ring (bicyclic) bond motifs is 2. The number of H-pyrrole nitrogens is 1. The van der Waals surface area contributed by atoms with Crippen molar-refractivity contribution >= 4 is 5.91 Å². The van der Waals surface area contributed by atoms with Crippen LogP contribution in [-0.4, -0.2) is 27.9 Å². The molecule has 0 spiro atoms. The number of hydrogen-bond acceptors (Lipinski definition) is 2. The summed E-state index contributed by atoms with van der Waals surface area (Å²) in [6, 6.07) is 16.0. The van der Waals surface area contributed by atoms with Gasteiger partial charge in [-0.25, -0.2) is 0 Å². The number of aromatic amines is 1. The predicted octanol–water partition coefficient (Wildman–Crippen LogP) is 3.00. The smallest absolute Gasteiger partial charge is 0.270 e. The number of aromatic nitrogens is 1. The number of amides is 1. The second kappa shape index (κ2) is 6.27. The first-order valence-corrected chi connectivity index (χ1v) is 8.76. The molecule has 1 aromatic heterocycles. The number of pyridine rings is 1. The normalized spacial score (nSPS) is 25.7. The van der Waals surface area contributed by atoms with Crippen LogP contribution in [-0.2, 0) is 6.42 Å². The first kappa shape index (κ1) is 15.2. The van der Waals surface area contributed by atoms with E-state index >= 15 is 0 Å². The third kappa shape index (κ3) is 2.88. The molecule has 4 heteroatoms. The first-order chi connectivity index (χ1) is 11.7. The summed E-state index contributed by atoms with van der Waals surface area (Å²) in [4.78, 5) is 29.0. The van der Waals surface area contributed by atoms with Crippen molar-refractivity contribution in [2.24, 2.45) is 5.92 Å². The lowest BCUT2D eigenvalue weighted by Gasteiger charge is -2.39. The number of rotatable bonds is 3. The van der Waals surface area contributed by atoms with Crippen LogP contribution in [0.3, 0.4) is 0 Å². The molecule has 3 heterocycles. The van der Waals surface area contributed by atoms with Crippen LogP contribution in [0.5, 0.6) is 0 Å². The molecule has 2 saturated heterocycles. The van der Waals surface area contributed by atoms with Crippen LogP contribution in [0.15, 0.2) is 53.3 Å². The number of nitrogens with zero attached hydrogens (tertiary/aromatic N) is 1. The fourth-order valence-electron chi connectivity index (χ4n) is 4.45. The van der Waals surface area contributed by atoms with Crippen molar-refractivity contribution in [3.05, 3.63) is 70.1 Å². The van der Waals surface area contributed by atoms with Gasteiger partial charge in [-0.2, -0.15) is 0 Å². The Labute approximate surface area is 141 Å². The van der Waals surface area contributed by atoms with E-state index in [2.05, 4.69) is 35.3 Å². The topological polar surface area (TPSA) is 53.2 Å². The van der Waals surface area contributed by atoms with Gasteiger partial charge in [-0.1, -0.05) is 36.4 Å². The monoisotopic (exact) mass is 322 g/mol. The Morgan fingerprint density at radius 2 is 1.71 bits per heavy atom. The highest BCUT2D eigenvalue weighted by Crippen LogP contribution is 2.40. The van der Waals surface area contributed by atoms with E-state index in [9.17, 15) is 9.59 Å². The van der Waals surface area contributed by atoms with Gasteiger partial charge in [-0.15, -0.1) is 0 Å². The zero-order chi connectivity index (χ0) is 16.5. The van der Waals surface area contributed by atoms with Gasteiger partial charge < -0.3 is 9.88 Å². The quantitative estimate of drug-likeness (QED) is 0.944. The zero-order valence-electron chi connectivity index (χ0n) is 13.7. The van der Waals surface area contributed by atoms with Crippen LogP contribution < -0.4 is 5.56 Å². The molecule has 0 aliphatic carbocycles. The Balaban J connectivity index is 1.49. The van der Waals surface area contributed by atoms with Gasteiger partial charge in [0.2, 0.25) is 5.56 Å². The summed E-state index contributed by atoms with van der Waals surface area (Å²) in [5.41, 5.74) is 1.59. The molecule has 2 fully saturated rings. The van der Waals surface area contributed by atoms with Crippen LogP contribution >= 0.6 is 0 Å². The number of nitrogens with one attached hydrogen (secondary N) is 1. The number of carbonyl (C=O) groups is 1. The largest absolute Gasteiger partial charge is 0.331 e. The summed E-state index contributed by atoms with van der Waals surface area (Å²) in [5.74, 6) is 0.627. The van der Waals surface area contributed by atoms with Gasteiger partial charge in [0.05, 0.1) is 0 Å². The summed E-state index contributed by atoms with van der Waals surface area (Å²) >= 11 is 0. The Hall–Kier alpha value is -2.36. The van der Waals surface area contributed by atoms with E-state index in [1.54, 1.807) is 12.1 Å². The molecule has 1 N–H and O–H groups in total. The number of carbonyl (C=O) groups excluding carboxylic acids is 1. The van der Waals surface area contributed by atoms with E-state index in [1.165, 1.54) is 11.6 Å². The number of hydrogen-bond donors (Lipinski definition) is 1. The van der Waals surface area contributed by atoms with E-state index in [0.717, 1.165) is 32.1 Å². The highest BCUT2D eigenvalue weighted by Gasteiger charge is 2.43. The van der Waals surface area contributed by atoms with E-state index < -0.39 is 0 Å². The summed E-state index contributed by atoms with van der Waals surface area (Å²) < 4.78 is 0. The molecular formula is C20H22N2O2. The van der Waals surface area contributed by atoms with Gasteiger partial charge in [-0.3, -0.25) is 9.59 Å². The van der Waals surface area contributed by atoms with Crippen LogP contribution in [0, 0.1) is 5.92 Å². The third-order valence-corrected chi connectivity index (χ3v) is 5.43. The lowest BCUT2D eigenvalue weighted by atomic mass is 9.85. The van der Waals surface area contributed by atoms with Crippen LogP contribution in [0.2, 0.25) is 0 Å². The van der Waals surface area contributed by atoms with Crippen molar-refractivity contribution in [1.82, 2.24) is 9.88 Å². The predicted molar refractivity (Wildman–Crippen MR) is 92.9 cm³/mol. The summed E-state index contributed by atoms with van der Waals surface area (Å²) in [6.45, 7) is 0. The Morgan fingerprint density at radius 3 is 2.38 bits per heavy atom. The molecular weight excluding hydrogens is 300 g/mol. The molecule has 2 aliphatic heterocycles. The third-order valence-electron chi connectivity index (χ3n) is 5.43. The molecule has 4 rings (SSSR count). The van der Waals surface area contributed by atoms with Crippen molar-refractivity contribution in [1.29, 1.82) is 0 Å². The van der Waals surface area contributed by atoms with Gasteiger partial charge in [0.25, 0.3) is 5.91 Å². The molecule has 24 heavy (non-hydrogen) atoms. The van der Waals surface area contributed by atoms with Crippen LogP contribution in [0.25, 0.3) is 0 Å². The summed E-state index contributed by atoms with van der Waals surface area (Å²) in [5, 5.41) is 0. The maximum atomic E-state index is 12.8. The van der Waals surface area contributed by atoms with Crippen molar-refractivity contribution in [3.63, 3.8) is 0 Å². The van der Waals surface area contributed by atoms with Crippen LogP contribution in [0.1, 0.15) is 41.7 Å². The minimum absolute atomic E-state index is 0.0154. The minimum atomic E-state index is -0.216. The molecule has 1 amide bonds. The fraction of sp³-hybridized carbons (Fsp3) is 0.400. The van der Waals surface area contributed by atoms with E-state index in [4.69, 9.17) is 0 Å². The van der Waals surface area contributed by atoms with Crippen molar-refractivity contribution in [2.45, 2.75) is 44.2 Å². The Morgan fingerprint density at radius 1 is 1.00 bits per heavy atom. The van der Waals surface area contributed by atoms with Gasteiger partial charge in [0.15, 0.2) is 0 Å². The lowest BCUT2D eigenvalue weighted by Crippen LogP contribution is -2.47. The lowest BCUT2D eigenvalue weighted by molar-refractivity contribution is 0.0518. The van der Waals surface area contributed by atoms with E-state index in [-0.39, 0.29) is 11.5 Å². The standard InChI is InChI=1S/C20H22N2O2/c23-19-8-4-7-18(21-19)20(24)22-16-9-10-17(22)13-15(12-16)11-14-5-2-1-3-6-14/h1-8,15-17H,9-13H2,(H,21,23). The average Bonchev–Trinajstić information content (AvgIpc) is 2.86. The summed E-state index contributed by atoms with van der Waals surface area (Å²) in [6.07, 6.45) is 5.39. The Bertz CT molecular complexity index is 769. The molecule has 2 atom stereocenters. The highest BCUT2D eigenvalue weighted by atomic mass is 16.2. The molecule has 0 radical (unpaired) electrons. The average molecular weight is 322 g/mol. The van der Waals surface area contributed by atoms with Gasteiger partial charge in [0.1, 0.15) is 5.69 Å². The van der Waals surface area contributed by atoms with Crippen molar-refractivity contribution < 1.29 is 4.79 Å². The minimum Gasteiger partial charge on any atom is -0.331 e. The second-order valence-electron chi connectivity index (χ2n) is 7.05. The maximum Gasteiger partial charge on any atom is 0.270 e. The Kier molecular flexibility index (Phi) is 3.97. The van der Waals surface area contributed by atoms with Crippen LogP contribution in [0.4, 0.5) is 0 Å².